The summed E-state index contributed by atoms with van der Waals surface area (Å²) in [4.78, 5) is 28.4. The second-order valence-corrected chi connectivity index (χ2v) is 7.34. The highest BCUT2D eigenvalue weighted by Crippen LogP contribution is 2.26. The number of esters is 1. The SMILES string of the molecule is CCOC(=O)c1coc(N2CC(CS(=O)(=O)Cl)CC2=O)n1. The van der Waals surface area contributed by atoms with Crippen LogP contribution in [-0.4, -0.2) is 44.2 Å². The lowest BCUT2D eigenvalue weighted by molar-refractivity contribution is -0.117. The fourth-order valence-corrected chi connectivity index (χ4v) is 3.37. The summed E-state index contributed by atoms with van der Waals surface area (Å²) in [6.07, 6.45) is 1.12. The highest BCUT2D eigenvalue weighted by molar-refractivity contribution is 8.13. The molecule has 0 spiro atoms. The molecule has 1 amide bonds. The molecule has 2 rings (SSSR count). The molecule has 0 bridgehead atoms. The molecule has 0 aromatic carbocycles. The summed E-state index contributed by atoms with van der Waals surface area (Å²) in [5.41, 5.74) is -0.0481. The number of nitrogens with zero attached hydrogens (tertiary/aromatic N) is 2. The van der Waals surface area contributed by atoms with Gasteiger partial charge in [0.05, 0.1) is 12.4 Å². The van der Waals surface area contributed by atoms with Crippen molar-refractivity contribution in [2.45, 2.75) is 13.3 Å². The van der Waals surface area contributed by atoms with Crippen LogP contribution in [0.3, 0.4) is 0 Å². The van der Waals surface area contributed by atoms with Gasteiger partial charge in [-0.3, -0.25) is 9.69 Å². The monoisotopic (exact) mass is 336 g/mol. The van der Waals surface area contributed by atoms with Gasteiger partial charge in [0.15, 0.2) is 5.69 Å². The number of amides is 1. The van der Waals surface area contributed by atoms with Crippen LogP contribution in [0.15, 0.2) is 10.7 Å². The number of carbonyl (C=O) groups is 2. The van der Waals surface area contributed by atoms with E-state index in [1.807, 2.05) is 0 Å². The van der Waals surface area contributed by atoms with Crippen LogP contribution in [0.2, 0.25) is 0 Å². The number of aromatic nitrogens is 1. The highest BCUT2D eigenvalue weighted by Gasteiger charge is 2.35. The molecular formula is C11H13ClN2O6S. The third kappa shape index (κ3) is 3.94. The Balaban J connectivity index is 2.09. The van der Waals surface area contributed by atoms with E-state index in [4.69, 9.17) is 19.8 Å². The molecule has 0 N–H and O–H groups in total. The summed E-state index contributed by atoms with van der Waals surface area (Å²) in [6, 6.07) is -0.0578. The normalized spacial score (nSPS) is 19.0. The lowest BCUT2D eigenvalue weighted by Gasteiger charge is -2.10. The largest absolute Gasteiger partial charge is 0.461 e. The maximum Gasteiger partial charge on any atom is 0.360 e. The van der Waals surface area contributed by atoms with Crippen LogP contribution in [0.4, 0.5) is 6.01 Å². The molecule has 0 saturated carbocycles. The van der Waals surface area contributed by atoms with Crippen molar-refractivity contribution in [1.82, 2.24) is 4.98 Å². The number of anilines is 1. The van der Waals surface area contributed by atoms with Crippen LogP contribution >= 0.6 is 10.7 Å². The topological polar surface area (TPSA) is 107 Å². The van der Waals surface area contributed by atoms with Crippen LogP contribution in [-0.2, 0) is 18.6 Å². The molecule has 1 atom stereocenters. The van der Waals surface area contributed by atoms with E-state index < -0.39 is 20.9 Å². The fraction of sp³-hybridized carbons (Fsp3) is 0.545. The molecule has 1 fully saturated rings. The van der Waals surface area contributed by atoms with E-state index in [2.05, 4.69) is 4.98 Å². The number of rotatable bonds is 5. The van der Waals surface area contributed by atoms with Gasteiger partial charge in [-0.1, -0.05) is 0 Å². The number of oxazole rings is 1. The van der Waals surface area contributed by atoms with Crippen LogP contribution in [0, 0.1) is 5.92 Å². The molecule has 1 saturated heterocycles. The molecule has 1 aliphatic heterocycles. The molecule has 8 nitrogen and oxygen atoms in total. The molecule has 1 aromatic rings. The smallest absolute Gasteiger partial charge is 0.360 e. The Bertz CT molecular complexity index is 655. The molecular weight excluding hydrogens is 324 g/mol. The molecule has 21 heavy (non-hydrogen) atoms. The second-order valence-electron chi connectivity index (χ2n) is 4.52. The summed E-state index contributed by atoms with van der Waals surface area (Å²) < 4.78 is 31.9. The van der Waals surface area contributed by atoms with E-state index in [9.17, 15) is 18.0 Å². The van der Waals surface area contributed by atoms with Gasteiger partial charge in [-0.2, -0.15) is 4.98 Å². The zero-order chi connectivity index (χ0) is 15.6. The zero-order valence-corrected chi connectivity index (χ0v) is 12.7. The van der Waals surface area contributed by atoms with Gasteiger partial charge in [0.2, 0.25) is 15.0 Å². The summed E-state index contributed by atoms with van der Waals surface area (Å²) in [6.45, 7) is 1.97. The molecule has 0 aliphatic carbocycles. The van der Waals surface area contributed by atoms with Crippen molar-refractivity contribution in [1.29, 1.82) is 0 Å². The van der Waals surface area contributed by atoms with Crippen molar-refractivity contribution in [3.63, 3.8) is 0 Å². The Morgan fingerprint density at radius 1 is 1.62 bits per heavy atom. The van der Waals surface area contributed by atoms with Crippen LogP contribution in [0.5, 0.6) is 0 Å². The van der Waals surface area contributed by atoms with Crippen molar-refractivity contribution in [3.05, 3.63) is 12.0 Å². The van der Waals surface area contributed by atoms with Gasteiger partial charge in [0.25, 0.3) is 0 Å². The molecule has 0 radical (unpaired) electrons. The number of hydrogen-bond donors (Lipinski definition) is 0. The lowest BCUT2D eigenvalue weighted by Crippen LogP contribution is -2.25. The summed E-state index contributed by atoms with van der Waals surface area (Å²) >= 11 is 0. The van der Waals surface area contributed by atoms with Gasteiger partial charge in [-0.25, -0.2) is 13.2 Å². The quantitative estimate of drug-likeness (QED) is 0.577. The van der Waals surface area contributed by atoms with Gasteiger partial charge < -0.3 is 9.15 Å². The van der Waals surface area contributed by atoms with Crippen LogP contribution in [0.1, 0.15) is 23.8 Å². The molecule has 1 aromatic heterocycles. The van der Waals surface area contributed by atoms with Gasteiger partial charge in [-0.15, -0.1) is 0 Å². The molecule has 1 aliphatic rings. The van der Waals surface area contributed by atoms with E-state index in [0.717, 1.165) is 6.26 Å². The standard InChI is InChI=1S/C11H13ClN2O6S/c1-2-19-10(16)8-5-20-11(13-8)14-4-7(3-9(14)15)6-21(12,17)18/h5,7H,2-4,6H2,1H3. The average molecular weight is 337 g/mol. The minimum Gasteiger partial charge on any atom is -0.461 e. The first-order chi connectivity index (χ1) is 9.80. The fourth-order valence-electron chi connectivity index (χ4n) is 2.05. The molecule has 116 valence electrons. The van der Waals surface area contributed by atoms with Crippen LogP contribution < -0.4 is 4.90 Å². The highest BCUT2D eigenvalue weighted by atomic mass is 35.7. The number of carbonyl (C=O) groups excluding carboxylic acids is 2. The zero-order valence-electron chi connectivity index (χ0n) is 11.1. The molecule has 1 unspecified atom stereocenters. The molecule has 10 heteroatoms. The Hall–Kier alpha value is -1.61. The van der Waals surface area contributed by atoms with E-state index in [0.29, 0.717) is 0 Å². The van der Waals surface area contributed by atoms with Crippen molar-refractivity contribution < 1.29 is 27.2 Å². The Labute approximate surface area is 125 Å². The van der Waals surface area contributed by atoms with Gasteiger partial charge >= 0.3 is 12.0 Å². The third-order valence-corrected chi connectivity index (χ3v) is 4.09. The number of hydrogen-bond acceptors (Lipinski definition) is 7. The van der Waals surface area contributed by atoms with Gasteiger partial charge in [-0.05, 0) is 6.92 Å². The minimum absolute atomic E-state index is 0.0308. The Morgan fingerprint density at radius 2 is 2.33 bits per heavy atom. The first-order valence-electron chi connectivity index (χ1n) is 6.15. The van der Waals surface area contributed by atoms with Crippen molar-refractivity contribution >= 4 is 37.6 Å². The maximum absolute atomic E-state index is 11.8. The van der Waals surface area contributed by atoms with E-state index >= 15 is 0 Å². The van der Waals surface area contributed by atoms with Gasteiger partial charge in [0, 0.05) is 29.6 Å². The predicted octanol–water partition coefficient (Wildman–Crippen LogP) is 0.773. The van der Waals surface area contributed by atoms with Crippen LogP contribution in [0.25, 0.3) is 0 Å². The van der Waals surface area contributed by atoms with Crippen molar-refractivity contribution in [2.75, 3.05) is 23.8 Å². The van der Waals surface area contributed by atoms with E-state index in [1.54, 1.807) is 6.92 Å². The molecule has 2 heterocycles. The average Bonchev–Trinajstić information content (AvgIpc) is 2.94. The first-order valence-corrected chi connectivity index (χ1v) is 8.63. The van der Waals surface area contributed by atoms with E-state index in [1.165, 1.54) is 4.90 Å². The number of halogens is 1. The third-order valence-electron chi connectivity index (χ3n) is 2.85. The minimum atomic E-state index is -3.68. The van der Waals surface area contributed by atoms with Crippen molar-refractivity contribution in [2.24, 2.45) is 5.92 Å². The maximum atomic E-state index is 11.8. The van der Waals surface area contributed by atoms with Gasteiger partial charge in [0.1, 0.15) is 6.26 Å². The number of ether oxygens (including phenoxy) is 1. The first kappa shape index (κ1) is 15.8. The summed E-state index contributed by atoms with van der Waals surface area (Å²) in [5, 5.41) is 0. The Kier molecular flexibility index (Phi) is 4.52. The predicted molar refractivity (Wildman–Crippen MR) is 72.6 cm³/mol. The summed E-state index contributed by atoms with van der Waals surface area (Å²) in [5.74, 6) is -1.73. The second kappa shape index (κ2) is 6.02. The lowest BCUT2D eigenvalue weighted by atomic mass is 10.1. The Morgan fingerprint density at radius 3 is 2.95 bits per heavy atom. The van der Waals surface area contributed by atoms with Crippen molar-refractivity contribution in [3.8, 4) is 0 Å². The summed E-state index contributed by atoms with van der Waals surface area (Å²) in [7, 11) is 1.49. The van der Waals surface area contributed by atoms with E-state index in [-0.39, 0.29) is 42.9 Å².